The van der Waals surface area contributed by atoms with Crippen LogP contribution in [0.2, 0.25) is 0 Å². The summed E-state index contributed by atoms with van der Waals surface area (Å²) in [6.07, 6.45) is 0.684. The second-order valence-corrected chi connectivity index (χ2v) is 5.09. The molecule has 0 saturated carbocycles. The van der Waals surface area contributed by atoms with E-state index < -0.39 is 0 Å². The van der Waals surface area contributed by atoms with Gasteiger partial charge >= 0.3 is 0 Å². The molecule has 5 nitrogen and oxygen atoms in total. The third kappa shape index (κ3) is 2.14. The fourth-order valence-electron chi connectivity index (χ4n) is 1.91. The molecule has 0 fully saturated rings. The predicted molar refractivity (Wildman–Crippen MR) is 71.1 cm³/mol. The average Bonchev–Trinajstić information content (AvgIpc) is 3.03. The van der Waals surface area contributed by atoms with Crippen LogP contribution in [-0.2, 0) is 6.42 Å². The van der Waals surface area contributed by atoms with Crippen molar-refractivity contribution in [3.63, 3.8) is 0 Å². The first-order chi connectivity index (χ1) is 9.31. The molecule has 0 amide bonds. The highest BCUT2D eigenvalue weighted by Gasteiger charge is 2.18. The summed E-state index contributed by atoms with van der Waals surface area (Å²) in [4.78, 5) is 5.09. The summed E-state index contributed by atoms with van der Waals surface area (Å²) in [5.74, 6) is 1.41. The second-order valence-electron chi connectivity index (χ2n) is 4.00. The molecule has 6 heteroatoms. The summed E-state index contributed by atoms with van der Waals surface area (Å²) in [6.45, 7) is 0.762. The van der Waals surface area contributed by atoms with Crippen molar-refractivity contribution >= 4 is 11.3 Å². The number of benzene rings is 1. The Morgan fingerprint density at radius 3 is 3.00 bits per heavy atom. The first-order valence-electron chi connectivity index (χ1n) is 5.81. The van der Waals surface area contributed by atoms with Gasteiger partial charge in [-0.25, -0.2) is 4.98 Å². The molecule has 0 saturated heterocycles. The zero-order valence-corrected chi connectivity index (χ0v) is 10.9. The van der Waals surface area contributed by atoms with Crippen LogP contribution in [0.1, 0.15) is 9.88 Å². The molecule has 0 unspecified atom stereocenters. The molecule has 19 heavy (non-hydrogen) atoms. The summed E-state index contributed by atoms with van der Waals surface area (Å²) < 4.78 is 10.6. The molecule has 1 aromatic heterocycles. The molecule has 2 heterocycles. The van der Waals surface area contributed by atoms with E-state index >= 15 is 0 Å². The van der Waals surface area contributed by atoms with Crippen molar-refractivity contribution in [2.75, 3.05) is 13.3 Å². The molecule has 1 aromatic carbocycles. The van der Waals surface area contributed by atoms with Gasteiger partial charge in [0, 0.05) is 12.0 Å². The van der Waals surface area contributed by atoms with E-state index in [0.717, 1.165) is 16.3 Å². The molecule has 0 spiro atoms. The standard InChI is InChI=1S/C13H11N3O2S/c14-4-3-12-16-13(11(6-15)19-12)8-1-2-9-10(5-8)18-7-17-9/h1-2,5H,3-4,7,14H2. The van der Waals surface area contributed by atoms with Gasteiger partial charge in [0.1, 0.15) is 10.9 Å². The summed E-state index contributed by atoms with van der Waals surface area (Å²) in [5, 5.41) is 10.1. The largest absolute Gasteiger partial charge is 0.454 e. The van der Waals surface area contributed by atoms with Crippen LogP contribution in [0, 0.1) is 11.3 Å². The minimum Gasteiger partial charge on any atom is -0.454 e. The number of nitrogens with two attached hydrogens (primary N) is 1. The first-order valence-corrected chi connectivity index (χ1v) is 6.63. The highest BCUT2D eigenvalue weighted by atomic mass is 32.1. The average molecular weight is 273 g/mol. The lowest BCUT2D eigenvalue weighted by Crippen LogP contribution is -2.01. The number of rotatable bonds is 3. The van der Waals surface area contributed by atoms with Crippen LogP contribution >= 0.6 is 11.3 Å². The number of ether oxygens (including phenoxy) is 2. The van der Waals surface area contributed by atoms with Gasteiger partial charge in [-0.1, -0.05) is 0 Å². The van der Waals surface area contributed by atoms with Crippen molar-refractivity contribution in [3.8, 4) is 28.8 Å². The Hall–Kier alpha value is -2.10. The molecule has 1 aliphatic rings. The lowest BCUT2D eigenvalue weighted by molar-refractivity contribution is 0.174. The van der Waals surface area contributed by atoms with Crippen molar-refractivity contribution in [2.24, 2.45) is 5.73 Å². The van der Waals surface area contributed by atoms with Gasteiger partial charge in [0.05, 0.1) is 10.7 Å². The number of nitrogens with zero attached hydrogens (tertiary/aromatic N) is 2. The normalized spacial score (nSPS) is 12.4. The number of thiazole rings is 1. The fraction of sp³-hybridized carbons (Fsp3) is 0.231. The van der Waals surface area contributed by atoms with E-state index in [9.17, 15) is 5.26 Å². The maximum absolute atomic E-state index is 9.19. The molecular formula is C13H11N3O2S. The van der Waals surface area contributed by atoms with Gasteiger partial charge in [-0.05, 0) is 24.7 Å². The van der Waals surface area contributed by atoms with Gasteiger partial charge in [0.25, 0.3) is 0 Å². The van der Waals surface area contributed by atoms with Crippen LogP contribution in [0.25, 0.3) is 11.3 Å². The number of aromatic nitrogens is 1. The smallest absolute Gasteiger partial charge is 0.231 e. The summed E-state index contributed by atoms with van der Waals surface area (Å²) >= 11 is 1.39. The van der Waals surface area contributed by atoms with Crippen molar-refractivity contribution in [2.45, 2.75) is 6.42 Å². The Morgan fingerprint density at radius 1 is 1.37 bits per heavy atom. The maximum Gasteiger partial charge on any atom is 0.231 e. The highest BCUT2D eigenvalue weighted by Crippen LogP contribution is 2.37. The first kappa shape index (κ1) is 12.0. The van der Waals surface area contributed by atoms with Crippen molar-refractivity contribution < 1.29 is 9.47 Å². The van der Waals surface area contributed by atoms with E-state index in [-0.39, 0.29) is 6.79 Å². The predicted octanol–water partition coefficient (Wildman–Crippen LogP) is 1.91. The topological polar surface area (TPSA) is 81.2 Å². The summed E-state index contributed by atoms with van der Waals surface area (Å²) in [7, 11) is 0. The van der Waals surface area contributed by atoms with Crippen LogP contribution in [-0.4, -0.2) is 18.3 Å². The molecule has 0 aliphatic carbocycles. The fourth-order valence-corrected chi connectivity index (χ4v) is 2.81. The third-order valence-electron chi connectivity index (χ3n) is 2.78. The molecule has 2 aromatic rings. The minimum absolute atomic E-state index is 0.235. The Kier molecular flexibility index (Phi) is 3.07. The lowest BCUT2D eigenvalue weighted by Gasteiger charge is -2.00. The molecule has 96 valence electrons. The van der Waals surface area contributed by atoms with Crippen LogP contribution in [0.15, 0.2) is 18.2 Å². The molecular weight excluding hydrogens is 262 g/mol. The SMILES string of the molecule is N#Cc1sc(CCN)nc1-c1ccc2c(c1)OCO2. The molecule has 2 N–H and O–H groups in total. The van der Waals surface area contributed by atoms with Crippen molar-refractivity contribution in [1.29, 1.82) is 5.26 Å². The minimum atomic E-state index is 0.235. The van der Waals surface area contributed by atoms with Gasteiger partial charge in [0.15, 0.2) is 11.5 Å². The lowest BCUT2D eigenvalue weighted by atomic mass is 10.1. The van der Waals surface area contributed by atoms with Crippen molar-refractivity contribution in [3.05, 3.63) is 28.1 Å². The van der Waals surface area contributed by atoms with E-state index in [1.165, 1.54) is 11.3 Å². The zero-order valence-electron chi connectivity index (χ0n) is 10.0. The Morgan fingerprint density at radius 2 is 2.21 bits per heavy atom. The van der Waals surface area contributed by atoms with Gasteiger partial charge in [-0.3, -0.25) is 0 Å². The van der Waals surface area contributed by atoms with Crippen LogP contribution in [0.5, 0.6) is 11.5 Å². The number of hydrogen-bond donors (Lipinski definition) is 1. The molecule has 0 atom stereocenters. The van der Waals surface area contributed by atoms with E-state index in [4.69, 9.17) is 15.2 Å². The van der Waals surface area contributed by atoms with Crippen LogP contribution < -0.4 is 15.2 Å². The molecule has 0 radical (unpaired) electrons. The number of hydrogen-bond acceptors (Lipinski definition) is 6. The van der Waals surface area contributed by atoms with Crippen LogP contribution in [0.3, 0.4) is 0 Å². The summed E-state index contributed by atoms with van der Waals surface area (Å²) in [5.41, 5.74) is 7.07. The second kappa shape index (κ2) is 4.88. The monoisotopic (exact) mass is 273 g/mol. The van der Waals surface area contributed by atoms with Gasteiger partial charge in [0.2, 0.25) is 6.79 Å². The molecule has 0 bridgehead atoms. The number of nitriles is 1. The zero-order chi connectivity index (χ0) is 13.2. The molecule has 3 rings (SSSR count). The Bertz CT molecular complexity index is 660. The highest BCUT2D eigenvalue weighted by molar-refractivity contribution is 7.12. The summed E-state index contributed by atoms with van der Waals surface area (Å²) in [6, 6.07) is 7.75. The van der Waals surface area contributed by atoms with E-state index in [1.807, 2.05) is 18.2 Å². The number of fused-ring (bicyclic) bond motifs is 1. The molecule has 1 aliphatic heterocycles. The quantitative estimate of drug-likeness (QED) is 0.923. The maximum atomic E-state index is 9.19. The van der Waals surface area contributed by atoms with Gasteiger partial charge in [-0.15, -0.1) is 11.3 Å². The Balaban J connectivity index is 2.04. The van der Waals surface area contributed by atoms with Gasteiger partial charge in [-0.2, -0.15) is 5.26 Å². The Labute approximate surface area is 114 Å². The van der Waals surface area contributed by atoms with E-state index in [2.05, 4.69) is 11.1 Å². The van der Waals surface area contributed by atoms with Crippen molar-refractivity contribution in [1.82, 2.24) is 4.98 Å². The van der Waals surface area contributed by atoms with Gasteiger partial charge < -0.3 is 15.2 Å². The van der Waals surface area contributed by atoms with E-state index in [1.54, 1.807) is 0 Å². The third-order valence-corrected chi connectivity index (χ3v) is 3.80. The van der Waals surface area contributed by atoms with Crippen LogP contribution in [0.4, 0.5) is 0 Å². The van der Waals surface area contributed by atoms with E-state index in [0.29, 0.717) is 29.3 Å².